The highest BCUT2D eigenvalue weighted by Gasteiger charge is 2.38. The van der Waals surface area contributed by atoms with E-state index >= 15 is 0 Å². The van der Waals surface area contributed by atoms with Crippen LogP contribution < -0.4 is 4.74 Å². The first-order valence-corrected chi connectivity index (χ1v) is 9.86. The van der Waals surface area contributed by atoms with Crippen molar-refractivity contribution in [3.63, 3.8) is 0 Å². The molecule has 0 aliphatic heterocycles. The summed E-state index contributed by atoms with van der Waals surface area (Å²) in [6.07, 6.45) is 5.37. The Labute approximate surface area is 164 Å². The van der Waals surface area contributed by atoms with Crippen LogP contribution in [0.3, 0.4) is 0 Å². The van der Waals surface area contributed by atoms with Gasteiger partial charge in [-0.3, -0.25) is 4.79 Å². The maximum atomic E-state index is 11.1. The Morgan fingerprint density at radius 2 is 1.70 bits per heavy atom. The van der Waals surface area contributed by atoms with Gasteiger partial charge in [0.05, 0.1) is 18.8 Å². The summed E-state index contributed by atoms with van der Waals surface area (Å²) < 4.78 is 9.84. The monoisotopic (exact) mass is 379 g/mol. The zero-order valence-corrected chi connectivity index (χ0v) is 17.8. The molecular weight excluding hydrogens is 342 g/mol. The zero-order valence-electron chi connectivity index (χ0n) is 17.8. The molecule has 0 radical (unpaired) electrons. The molecule has 5 nitrogen and oxygen atoms in total. The highest BCUT2D eigenvalue weighted by atomic mass is 16.5. The second kappa shape index (κ2) is 11.3. The number of ether oxygens (including phenoxy) is 2. The number of likely N-dealkylation sites (N-methyl/N-ethyl adjacent to an activating group) is 1. The van der Waals surface area contributed by atoms with Crippen LogP contribution in [-0.4, -0.2) is 55.4 Å². The van der Waals surface area contributed by atoms with Crippen LogP contribution in [0.5, 0.6) is 5.75 Å². The minimum Gasteiger partial charge on any atom is -0.497 e. The molecule has 5 heteroatoms. The van der Waals surface area contributed by atoms with Crippen LogP contribution >= 0.6 is 0 Å². The summed E-state index contributed by atoms with van der Waals surface area (Å²) in [5, 5.41) is 11.1. The number of esters is 1. The van der Waals surface area contributed by atoms with E-state index in [0.29, 0.717) is 0 Å². The van der Waals surface area contributed by atoms with Gasteiger partial charge in [0, 0.05) is 19.4 Å². The molecule has 154 valence electrons. The first-order chi connectivity index (χ1) is 12.7. The number of nitrogens with zero attached hydrogens (tertiary/aromatic N) is 1. The first kappa shape index (κ1) is 23.4. The SMILES string of the molecule is CC(=O)OC(C)C.COc1ccc(C(CN(C)C)C2(O)CCCCC2)cc1. The van der Waals surface area contributed by atoms with Crippen LogP contribution in [0.1, 0.15) is 64.4 Å². The van der Waals surface area contributed by atoms with E-state index in [-0.39, 0.29) is 18.0 Å². The van der Waals surface area contributed by atoms with Crippen molar-refractivity contribution < 1.29 is 19.4 Å². The molecule has 1 fully saturated rings. The molecule has 1 aliphatic rings. The van der Waals surface area contributed by atoms with Crippen molar-refractivity contribution in [2.75, 3.05) is 27.7 Å². The van der Waals surface area contributed by atoms with Crippen LogP contribution in [-0.2, 0) is 9.53 Å². The fourth-order valence-electron chi connectivity index (χ4n) is 3.63. The lowest BCUT2D eigenvalue weighted by atomic mass is 9.72. The second-order valence-corrected chi connectivity index (χ2v) is 7.91. The van der Waals surface area contributed by atoms with Crippen molar-refractivity contribution >= 4 is 5.97 Å². The van der Waals surface area contributed by atoms with Crippen molar-refractivity contribution in [3.8, 4) is 5.75 Å². The summed E-state index contributed by atoms with van der Waals surface area (Å²) in [5.74, 6) is 0.826. The molecule has 0 amide bonds. The van der Waals surface area contributed by atoms with Crippen molar-refractivity contribution in [1.82, 2.24) is 4.90 Å². The molecule has 1 saturated carbocycles. The van der Waals surface area contributed by atoms with Gasteiger partial charge in [-0.05, 0) is 58.5 Å². The average Bonchev–Trinajstić information content (AvgIpc) is 2.59. The van der Waals surface area contributed by atoms with E-state index in [9.17, 15) is 9.90 Å². The molecule has 27 heavy (non-hydrogen) atoms. The molecule has 1 aromatic carbocycles. The molecule has 0 bridgehead atoms. The van der Waals surface area contributed by atoms with Crippen molar-refractivity contribution in [2.45, 2.75) is 70.5 Å². The van der Waals surface area contributed by atoms with Crippen molar-refractivity contribution in [1.29, 1.82) is 0 Å². The van der Waals surface area contributed by atoms with Gasteiger partial charge in [0.1, 0.15) is 5.75 Å². The summed E-state index contributed by atoms with van der Waals surface area (Å²) >= 11 is 0. The summed E-state index contributed by atoms with van der Waals surface area (Å²) in [7, 11) is 5.83. The standard InChI is InChI=1S/C17H27NO2.C5H10O2/c1-18(2)13-16(17(19)11-5-4-6-12-17)14-7-9-15(20-3)10-8-14;1-4(2)7-5(3)6/h7-10,16,19H,4-6,11-13H2,1-3H3;4H,1-3H3. The molecule has 2 rings (SSSR count). The predicted molar refractivity (Wildman–Crippen MR) is 109 cm³/mol. The minimum atomic E-state index is -0.558. The Morgan fingerprint density at radius 3 is 2.07 bits per heavy atom. The van der Waals surface area contributed by atoms with Crippen molar-refractivity contribution in [2.24, 2.45) is 0 Å². The molecule has 1 unspecified atom stereocenters. The quantitative estimate of drug-likeness (QED) is 0.757. The van der Waals surface area contributed by atoms with Crippen LogP contribution in [0.2, 0.25) is 0 Å². The Bertz CT molecular complexity index is 548. The van der Waals surface area contributed by atoms with E-state index in [0.717, 1.165) is 38.0 Å². The summed E-state index contributed by atoms with van der Waals surface area (Å²) in [5.41, 5.74) is 0.654. The number of hydrogen-bond acceptors (Lipinski definition) is 5. The van der Waals surface area contributed by atoms with Crippen LogP contribution in [0.4, 0.5) is 0 Å². The smallest absolute Gasteiger partial charge is 0.302 e. The third kappa shape index (κ3) is 8.31. The molecule has 0 heterocycles. The number of rotatable bonds is 6. The Morgan fingerprint density at radius 1 is 1.15 bits per heavy atom. The van der Waals surface area contributed by atoms with Crippen molar-refractivity contribution in [3.05, 3.63) is 29.8 Å². The Kier molecular flexibility index (Phi) is 9.81. The molecule has 1 aromatic rings. The van der Waals surface area contributed by atoms with Gasteiger partial charge in [0.25, 0.3) is 0 Å². The molecule has 1 N–H and O–H groups in total. The lowest BCUT2D eigenvalue weighted by molar-refractivity contribution is -0.144. The maximum absolute atomic E-state index is 11.1. The average molecular weight is 380 g/mol. The molecule has 1 atom stereocenters. The summed E-state index contributed by atoms with van der Waals surface area (Å²) in [6, 6.07) is 8.17. The normalized spacial score (nSPS) is 17.1. The molecular formula is C22H37NO4. The molecule has 0 saturated heterocycles. The van der Waals surface area contributed by atoms with E-state index in [2.05, 4.69) is 35.9 Å². The number of methoxy groups -OCH3 is 1. The van der Waals surface area contributed by atoms with E-state index < -0.39 is 5.60 Å². The zero-order chi connectivity index (χ0) is 20.4. The fraction of sp³-hybridized carbons (Fsp3) is 0.682. The number of hydrogen-bond donors (Lipinski definition) is 1. The van der Waals surface area contributed by atoms with Gasteiger partial charge in [-0.15, -0.1) is 0 Å². The van der Waals surface area contributed by atoms with Gasteiger partial charge >= 0.3 is 5.97 Å². The number of carbonyl (C=O) groups excluding carboxylic acids is 1. The van der Waals surface area contributed by atoms with Crippen LogP contribution in [0.15, 0.2) is 24.3 Å². The highest BCUT2D eigenvalue weighted by molar-refractivity contribution is 5.66. The van der Waals surface area contributed by atoms with E-state index in [1.54, 1.807) is 7.11 Å². The lowest BCUT2D eigenvalue weighted by Crippen LogP contribution is -2.42. The van der Waals surface area contributed by atoms with Gasteiger partial charge in [0.15, 0.2) is 0 Å². The number of carbonyl (C=O) groups is 1. The Hall–Kier alpha value is -1.59. The molecule has 1 aliphatic carbocycles. The molecule has 0 spiro atoms. The van der Waals surface area contributed by atoms with Gasteiger partial charge in [-0.2, -0.15) is 0 Å². The van der Waals surface area contributed by atoms with E-state index in [1.807, 2.05) is 26.0 Å². The van der Waals surface area contributed by atoms with E-state index in [4.69, 9.17) is 4.74 Å². The van der Waals surface area contributed by atoms with Gasteiger partial charge in [-0.1, -0.05) is 31.4 Å². The topological polar surface area (TPSA) is 59.0 Å². The van der Waals surface area contributed by atoms with Gasteiger partial charge in [0.2, 0.25) is 0 Å². The van der Waals surface area contributed by atoms with Crippen LogP contribution in [0, 0.1) is 0 Å². The summed E-state index contributed by atoms with van der Waals surface area (Å²) in [4.78, 5) is 12.2. The largest absolute Gasteiger partial charge is 0.497 e. The minimum absolute atomic E-state index is 0.0255. The number of aliphatic hydroxyl groups is 1. The third-order valence-corrected chi connectivity index (χ3v) is 4.84. The second-order valence-electron chi connectivity index (χ2n) is 7.91. The fourth-order valence-corrected chi connectivity index (χ4v) is 3.63. The predicted octanol–water partition coefficient (Wildman–Crippen LogP) is 3.99. The van der Waals surface area contributed by atoms with Gasteiger partial charge in [-0.25, -0.2) is 0 Å². The van der Waals surface area contributed by atoms with Crippen LogP contribution in [0.25, 0.3) is 0 Å². The maximum Gasteiger partial charge on any atom is 0.302 e. The Balaban J connectivity index is 0.000000445. The third-order valence-electron chi connectivity index (χ3n) is 4.84. The molecule has 0 aromatic heterocycles. The first-order valence-electron chi connectivity index (χ1n) is 9.86. The number of benzene rings is 1. The lowest BCUT2D eigenvalue weighted by Gasteiger charge is -2.40. The van der Waals surface area contributed by atoms with E-state index in [1.165, 1.54) is 18.9 Å². The summed E-state index contributed by atoms with van der Waals surface area (Å²) in [6.45, 7) is 5.92. The van der Waals surface area contributed by atoms with Gasteiger partial charge < -0.3 is 19.5 Å². The highest BCUT2D eigenvalue weighted by Crippen LogP contribution is 2.40.